The molecule has 0 heterocycles. The molecule has 0 bridgehead atoms. The molecular weight excluding hydrogens is 337 g/mol. The van der Waals surface area contributed by atoms with E-state index in [1.54, 1.807) is 0 Å². The van der Waals surface area contributed by atoms with Crippen molar-refractivity contribution in [3.05, 3.63) is 29.8 Å². The third-order valence-electron chi connectivity index (χ3n) is 4.23. The van der Waals surface area contributed by atoms with Gasteiger partial charge in [-0.3, -0.25) is 4.79 Å². The van der Waals surface area contributed by atoms with Crippen LogP contribution >= 0.6 is 11.8 Å². The Morgan fingerprint density at radius 1 is 1.25 bits per heavy atom. The van der Waals surface area contributed by atoms with Crippen LogP contribution in [-0.2, 0) is 11.0 Å². The Morgan fingerprint density at radius 3 is 2.54 bits per heavy atom. The Balaban J connectivity index is 1.93. The van der Waals surface area contributed by atoms with Crippen molar-refractivity contribution in [1.82, 2.24) is 5.32 Å². The van der Waals surface area contributed by atoms with Crippen LogP contribution in [0.2, 0.25) is 0 Å². The van der Waals surface area contributed by atoms with E-state index in [4.69, 9.17) is 5.26 Å². The van der Waals surface area contributed by atoms with Crippen LogP contribution in [0.5, 0.6) is 0 Å². The number of halogens is 3. The lowest BCUT2D eigenvalue weighted by molar-refractivity contribution is -0.137. The van der Waals surface area contributed by atoms with Crippen molar-refractivity contribution in [2.45, 2.75) is 36.8 Å². The van der Waals surface area contributed by atoms with Gasteiger partial charge in [0.05, 0.1) is 11.6 Å². The van der Waals surface area contributed by atoms with Crippen LogP contribution in [0.15, 0.2) is 29.2 Å². The van der Waals surface area contributed by atoms with Crippen molar-refractivity contribution in [3.8, 4) is 6.07 Å². The molecule has 24 heavy (non-hydrogen) atoms. The molecule has 3 nitrogen and oxygen atoms in total. The molecule has 0 saturated heterocycles. The minimum atomic E-state index is -4.32. The van der Waals surface area contributed by atoms with Crippen LogP contribution in [0.25, 0.3) is 0 Å². The van der Waals surface area contributed by atoms with Crippen LogP contribution in [0.4, 0.5) is 13.2 Å². The second-order valence-electron chi connectivity index (χ2n) is 5.86. The fourth-order valence-electron chi connectivity index (χ4n) is 2.95. The number of amides is 1. The summed E-state index contributed by atoms with van der Waals surface area (Å²) in [5, 5.41) is 11.2. The first-order chi connectivity index (χ1) is 11.4. The highest BCUT2D eigenvalue weighted by atomic mass is 32.2. The van der Waals surface area contributed by atoms with Gasteiger partial charge in [0.25, 0.3) is 0 Å². The van der Waals surface area contributed by atoms with Gasteiger partial charge in [0, 0.05) is 16.6 Å². The Morgan fingerprint density at radius 2 is 1.92 bits per heavy atom. The van der Waals surface area contributed by atoms with Gasteiger partial charge in [-0.05, 0) is 43.0 Å². The van der Waals surface area contributed by atoms with Crippen molar-refractivity contribution in [3.63, 3.8) is 0 Å². The summed E-state index contributed by atoms with van der Waals surface area (Å²) in [4.78, 5) is 12.9. The first kappa shape index (κ1) is 18.7. The van der Waals surface area contributed by atoms with E-state index in [-0.39, 0.29) is 24.3 Å². The highest BCUT2D eigenvalue weighted by molar-refractivity contribution is 7.99. The van der Waals surface area contributed by atoms with Crippen molar-refractivity contribution in [1.29, 1.82) is 5.26 Å². The number of carbonyl (C=O) groups excluding carboxylic acids is 1. The standard InChI is InChI=1S/C17H19F3N2OS/c18-17(19,20)13-5-7-14(8-6-13)24-11-12-3-1-2-4-15(12)16(23)22-10-9-21/h5-8,12,15H,1-4,10-11H2,(H,22,23)/t12-,15+/m0/s1. The summed E-state index contributed by atoms with van der Waals surface area (Å²) in [5.41, 5.74) is -0.654. The first-order valence-electron chi connectivity index (χ1n) is 7.86. The number of hydrogen-bond donors (Lipinski definition) is 1. The van der Waals surface area contributed by atoms with Crippen molar-refractivity contribution in [2.75, 3.05) is 12.3 Å². The fraction of sp³-hybridized carbons (Fsp3) is 0.529. The fourth-order valence-corrected chi connectivity index (χ4v) is 4.09. The average molecular weight is 356 g/mol. The number of nitriles is 1. The normalized spacial score (nSPS) is 21.1. The summed E-state index contributed by atoms with van der Waals surface area (Å²) in [6.07, 6.45) is -0.545. The van der Waals surface area contributed by atoms with Crippen molar-refractivity contribution >= 4 is 17.7 Å². The van der Waals surface area contributed by atoms with E-state index < -0.39 is 11.7 Å². The number of hydrogen-bond acceptors (Lipinski definition) is 3. The van der Waals surface area contributed by atoms with Crippen LogP contribution < -0.4 is 5.32 Å². The summed E-state index contributed by atoms with van der Waals surface area (Å²) in [6.45, 7) is 0.00804. The maximum absolute atomic E-state index is 12.6. The molecule has 1 aromatic rings. The second kappa shape index (κ2) is 8.43. The van der Waals surface area contributed by atoms with E-state index in [2.05, 4.69) is 5.32 Å². The zero-order valence-electron chi connectivity index (χ0n) is 13.1. The number of benzene rings is 1. The molecule has 0 aliphatic heterocycles. The lowest BCUT2D eigenvalue weighted by Crippen LogP contribution is -2.37. The van der Waals surface area contributed by atoms with Gasteiger partial charge in [0.15, 0.2) is 0 Å². The van der Waals surface area contributed by atoms with E-state index >= 15 is 0 Å². The van der Waals surface area contributed by atoms with Crippen molar-refractivity contribution < 1.29 is 18.0 Å². The third-order valence-corrected chi connectivity index (χ3v) is 5.43. The number of nitrogens with one attached hydrogen (secondary N) is 1. The Bertz CT molecular complexity index is 595. The number of alkyl halides is 3. The highest BCUT2D eigenvalue weighted by Gasteiger charge is 2.31. The number of thioether (sulfide) groups is 1. The summed E-state index contributed by atoms with van der Waals surface area (Å²) in [6, 6.07) is 7.01. The summed E-state index contributed by atoms with van der Waals surface area (Å²) in [7, 11) is 0. The van der Waals surface area contributed by atoms with E-state index in [1.807, 2.05) is 6.07 Å². The molecule has 0 radical (unpaired) electrons. The molecule has 1 aliphatic rings. The topological polar surface area (TPSA) is 52.9 Å². The number of nitrogens with zero attached hydrogens (tertiary/aromatic N) is 1. The molecule has 1 saturated carbocycles. The van der Waals surface area contributed by atoms with E-state index in [1.165, 1.54) is 23.9 Å². The summed E-state index contributed by atoms with van der Waals surface area (Å²) < 4.78 is 37.7. The quantitative estimate of drug-likeness (QED) is 0.634. The first-order valence-corrected chi connectivity index (χ1v) is 8.85. The minimum absolute atomic E-state index is 0.00804. The van der Waals surface area contributed by atoms with Crippen LogP contribution in [0.1, 0.15) is 31.2 Å². The molecule has 130 valence electrons. The average Bonchev–Trinajstić information content (AvgIpc) is 2.57. The van der Waals surface area contributed by atoms with Crippen molar-refractivity contribution in [2.24, 2.45) is 11.8 Å². The summed E-state index contributed by atoms with van der Waals surface area (Å²) >= 11 is 1.48. The van der Waals surface area contributed by atoms with Gasteiger partial charge < -0.3 is 5.32 Å². The van der Waals surface area contributed by atoms with Gasteiger partial charge in [0.2, 0.25) is 5.91 Å². The van der Waals surface area contributed by atoms with E-state index in [0.717, 1.165) is 42.7 Å². The predicted octanol–water partition coefficient (Wildman–Crippen LogP) is 4.24. The van der Waals surface area contributed by atoms with Crippen LogP contribution in [0, 0.1) is 23.2 Å². The largest absolute Gasteiger partial charge is 0.416 e. The lowest BCUT2D eigenvalue weighted by Gasteiger charge is -2.30. The monoisotopic (exact) mass is 356 g/mol. The van der Waals surface area contributed by atoms with Gasteiger partial charge in [0.1, 0.15) is 6.54 Å². The molecule has 1 amide bonds. The minimum Gasteiger partial charge on any atom is -0.343 e. The van der Waals surface area contributed by atoms with E-state index in [0.29, 0.717) is 5.75 Å². The molecule has 1 aromatic carbocycles. The molecule has 2 atom stereocenters. The van der Waals surface area contributed by atoms with Gasteiger partial charge >= 0.3 is 6.18 Å². The molecule has 0 unspecified atom stereocenters. The Kier molecular flexibility index (Phi) is 6.55. The highest BCUT2D eigenvalue weighted by Crippen LogP contribution is 2.36. The molecule has 1 aliphatic carbocycles. The molecule has 2 rings (SSSR count). The molecular formula is C17H19F3N2OS. The maximum atomic E-state index is 12.6. The second-order valence-corrected chi connectivity index (χ2v) is 6.95. The molecule has 1 N–H and O–H groups in total. The van der Waals surface area contributed by atoms with Gasteiger partial charge in [-0.2, -0.15) is 18.4 Å². The van der Waals surface area contributed by atoms with Crippen LogP contribution in [0.3, 0.4) is 0 Å². The van der Waals surface area contributed by atoms with Gasteiger partial charge in [-0.25, -0.2) is 0 Å². The Hall–Kier alpha value is -1.68. The molecule has 0 aromatic heterocycles. The SMILES string of the molecule is N#CCNC(=O)[C@@H]1CCCC[C@H]1CSc1ccc(C(F)(F)F)cc1. The predicted molar refractivity (Wildman–Crippen MR) is 86.2 cm³/mol. The zero-order chi connectivity index (χ0) is 17.6. The van der Waals surface area contributed by atoms with Crippen LogP contribution in [-0.4, -0.2) is 18.2 Å². The smallest absolute Gasteiger partial charge is 0.343 e. The molecule has 0 spiro atoms. The Labute approximate surface area is 143 Å². The van der Waals surface area contributed by atoms with E-state index in [9.17, 15) is 18.0 Å². The van der Waals surface area contributed by atoms with Gasteiger partial charge in [-0.1, -0.05) is 12.8 Å². The number of rotatable bonds is 5. The lowest BCUT2D eigenvalue weighted by atomic mass is 9.80. The molecule has 1 fully saturated rings. The number of carbonyl (C=O) groups is 1. The van der Waals surface area contributed by atoms with Gasteiger partial charge in [-0.15, -0.1) is 11.8 Å². The third kappa shape index (κ3) is 5.17. The summed E-state index contributed by atoms with van der Waals surface area (Å²) in [5.74, 6) is 0.670. The zero-order valence-corrected chi connectivity index (χ0v) is 13.9. The maximum Gasteiger partial charge on any atom is 0.416 e. The molecule has 7 heteroatoms.